The van der Waals surface area contributed by atoms with Crippen LogP contribution in [0.15, 0.2) is 40.9 Å². The SMILES string of the molecule is COc1ccc(CN)cc1COc1cc(Br)ccc1Cl. The number of halogens is 2. The van der Waals surface area contributed by atoms with Crippen LogP contribution in [0.3, 0.4) is 0 Å². The highest BCUT2D eigenvalue weighted by atomic mass is 79.9. The van der Waals surface area contributed by atoms with Crippen LogP contribution in [0, 0.1) is 0 Å². The lowest BCUT2D eigenvalue weighted by Crippen LogP contribution is -2.02. The summed E-state index contributed by atoms with van der Waals surface area (Å²) in [6.45, 7) is 0.849. The molecule has 0 amide bonds. The van der Waals surface area contributed by atoms with Gasteiger partial charge in [0, 0.05) is 16.6 Å². The zero-order valence-corrected chi connectivity index (χ0v) is 13.4. The monoisotopic (exact) mass is 355 g/mol. The first kappa shape index (κ1) is 15.2. The molecule has 2 rings (SSSR count). The van der Waals surface area contributed by atoms with Crippen molar-refractivity contribution >= 4 is 27.5 Å². The minimum Gasteiger partial charge on any atom is -0.496 e. The Bertz CT molecular complexity index is 604. The quantitative estimate of drug-likeness (QED) is 0.875. The van der Waals surface area contributed by atoms with E-state index in [0.717, 1.165) is 21.3 Å². The number of benzene rings is 2. The topological polar surface area (TPSA) is 44.5 Å². The molecule has 5 heteroatoms. The summed E-state index contributed by atoms with van der Waals surface area (Å²) >= 11 is 9.49. The molecule has 0 unspecified atom stereocenters. The molecule has 0 radical (unpaired) electrons. The first-order valence-corrected chi connectivity index (χ1v) is 7.25. The Morgan fingerprint density at radius 3 is 2.65 bits per heavy atom. The molecule has 0 heterocycles. The Balaban J connectivity index is 2.19. The third-order valence-corrected chi connectivity index (χ3v) is 3.66. The molecule has 2 aromatic carbocycles. The predicted octanol–water partition coefficient (Wildman–Crippen LogP) is 4.15. The smallest absolute Gasteiger partial charge is 0.139 e. The molecule has 0 aromatic heterocycles. The second-order valence-electron chi connectivity index (χ2n) is 4.21. The molecule has 2 N–H and O–H groups in total. The standard InChI is InChI=1S/C15H15BrClNO2/c1-19-14-5-2-10(8-18)6-11(14)9-20-15-7-12(16)3-4-13(15)17/h2-7H,8-9,18H2,1H3. The third kappa shape index (κ3) is 3.66. The molecule has 0 bridgehead atoms. The summed E-state index contributed by atoms with van der Waals surface area (Å²) in [5.74, 6) is 1.40. The average molecular weight is 357 g/mol. The van der Waals surface area contributed by atoms with E-state index in [1.807, 2.05) is 30.3 Å². The second-order valence-corrected chi connectivity index (χ2v) is 5.54. The van der Waals surface area contributed by atoms with Crippen LogP contribution in [-0.4, -0.2) is 7.11 Å². The van der Waals surface area contributed by atoms with Crippen molar-refractivity contribution in [1.82, 2.24) is 0 Å². The van der Waals surface area contributed by atoms with Gasteiger partial charge in [0.25, 0.3) is 0 Å². The van der Waals surface area contributed by atoms with Gasteiger partial charge in [0.2, 0.25) is 0 Å². The summed E-state index contributed by atoms with van der Waals surface area (Å²) in [6, 6.07) is 11.3. The fourth-order valence-corrected chi connectivity index (χ4v) is 2.33. The maximum absolute atomic E-state index is 6.10. The van der Waals surface area contributed by atoms with Crippen molar-refractivity contribution in [1.29, 1.82) is 0 Å². The van der Waals surface area contributed by atoms with Gasteiger partial charge in [0.15, 0.2) is 0 Å². The number of hydrogen-bond acceptors (Lipinski definition) is 3. The van der Waals surface area contributed by atoms with E-state index < -0.39 is 0 Å². The number of hydrogen-bond donors (Lipinski definition) is 1. The van der Waals surface area contributed by atoms with Crippen LogP contribution in [0.5, 0.6) is 11.5 Å². The van der Waals surface area contributed by atoms with E-state index >= 15 is 0 Å². The number of methoxy groups -OCH3 is 1. The minimum absolute atomic E-state index is 0.368. The fourth-order valence-electron chi connectivity index (χ4n) is 1.82. The van der Waals surface area contributed by atoms with E-state index in [1.54, 1.807) is 13.2 Å². The van der Waals surface area contributed by atoms with Crippen molar-refractivity contribution in [3.63, 3.8) is 0 Å². The Hall–Kier alpha value is -1.23. The van der Waals surface area contributed by atoms with Gasteiger partial charge in [-0.3, -0.25) is 0 Å². The Labute approximate surface area is 131 Å². The van der Waals surface area contributed by atoms with E-state index in [2.05, 4.69) is 15.9 Å². The van der Waals surface area contributed by atoms with Crippen molar-refractivity contribution in [2.24, 2.45) is 5.73 Å². The lowest BCUT2D eigenvalue weighted by Gasteiger charge is -2.12. The van der Waals surface area contributed by atoms with Gasteiger partial charge in [0.1, 0.15) is 18.1 Å². The highest BCUT2D eigenvalue weighted by molar-refractivity contribution is 9.10. The molecule has 0 aliphatic carbocycles. The molecule has 3 nitrogen and oxygen atoms in total. The highest BCUT2D eigenvalue weighted by Gasteiger charge is 2.07. The lowest BCUT2D eigenvalue weighted by molar-refractivity contribution is 0.296. The van der Waals surface area contributed by atoms with Gasteiger partial charge >= 0.3 is 0 Å². The largest absolute Gasteiger partial charge is 0.496 e. The van der Waals surface area contributed by atoms with Gasteiger partial charge in [-0.15, -0.1) is 0 Å². The third-order valence-electron chi connectivity index (χ3n) is 2.86. The summed E-state index contributed by atoms with van der Waals surface area (Å²) in [5.41, 5.74) is 7.62. The zero-order valence-electron chi connectivity index (χ0n) is 11.0. The van der Waals surface area contributed by atoms with Crippen LogP contribution in [0.1, 0.15) is 11.1 Å². The van der Waals surface area contributed by atoms with Crippen LogP contribution < -0.4 is 15.2 Å². The summed E-state index contributed by atoms with van der Waals surface area (Å²) < 4.78 is 12.0. The fraction of sp³-hybridized carbons (Fsp3) is 0.200. The molecule has 106 valence electrons. The van der Waals surface area contributed by atoms with E-state index in [9.17, 15) is 0 Å². The number of ether oxygens (including phenoxy) is 2. The van der Waals surface area contributed by atoms with E-state index in [-0.39, 0.29) is 0 Å². The van der Waals surface area contributed by atoms with Crippen LogP contribution in [0.2, 0.25) is 5.02 Å². The van der Waals surface area contributed by atoms with Crippen LogP contribution in [0.25, 0.3) is 0 Å². The maximum atomic E-state index is 6.10. The first-order chi connectivity index (χ1) is 9.63. The van der Waals surface area contributed by atoms with Gasteiger partial charge < -0.3 is 15.2 Å². The predicted molar refractivity (Wildman–Crippen MR) is 84.4 cm³/mol. The molecule has 0 saturated heterocycles. The Kier molecular flexibility index (Phi) is 5.29. The van der Waals surface area contributed by atoms with Gasteiger partial charge in [-0.1, -0.05) is 33.6 Å². The van der Waals surface area contributed by atoms with Crippen molar-refractivity contribution < 1.29 is 9.47 Å². The van der Waals surface area contributed by atoms with Gasteiger partial charge in [0.05, 0.1) is 12.1 Å². The molecular formula is C15H15BrClNO2. The molecule has 0 spiro atoms. The number of nitrogens with two attached hydrogens (primary N) is 1. The van der Waals surface area contributed by atoms with Gasteiger partial charge in [-0.05, 0) is 35.9 Å². The van der Waals surface area contributed by atoms with Gasteiger partial charge in [-0.2, -0.15) is 0 Å². The lowest BCUT2D eigenvalue weighted by atomic mass is 10.1. The van der Waals surface area contributed by atoms with Gasteiger partial charge in [-0.25, -0.2) is 0 Å². The summed E-state index contributed by atoms with van der Waals surface area (Å²) in [6.07, 6.45) is 0. The van der Waals surface area contributed by atoms with Crippen molar-refractivity contribution in [2.75, 3.05) is 7.11 Å². The van der Waals surface area contributed by atoms with E-state index in [0.29, 0.717) is 23.9 Å². The molecule has 0 atom stereocenters. The molecule has 2 aromatic rings. The Morgan fingerprint density at radius 1 is 1.15 bits per heavy atom. The van der Waals surface area contributed by atoms with Crippen LogP contribution in [-0.2, 0) is 13.2 Å². The molecular weight excluding hydrogens is 342 g/mol. The van der Waals surface area contributed by atoms with E-state index in [4.69, 9.17) is 26.8 Å². The van der Waals surface area contributed by atoms with Crippen LogP contribution in [0.4, 0.5) is 0 Å². The van der Waals surface area contributed by atoms with Crippen molar-refractivity contribution in [2.45, 2.75) is 13.2 Å². The summed E-state index contributed by atoms with van der Waals surface area (Å²) in [7, 11) is 1.63. The minimum atomic E-state index is 0.368. The summed E-state index contributed by atoms with van der Waals surface area (Å²) in [5, 5.41) is 0.571. The zero-order chi connectivity index (χ0) is 14.5. The first-order valence-electron chi connectivity index (χ1n) is 6.07. The van der Waals surface area contributed by atoms with Crippen molar-refractivity contribution in [3.05, 3.63) is 57.0 Å². The number of rotatable bonds is 5. The normalized spacial score (nSPS) is 10.4. The Morgan fingerprint density at radius 2 is 1.95 bits per heavy atom. The second kappa shape index (κ2) is 6.97. The molecule has 0 saturated carbocycles. The highest BCUT2D eigenvalue weighted by Crippen LogP contribution is 2.29. The maximum Gasteiger partial charge on any atom is 0.139 e. The molecule has 0 aliphatic heterocycles. The molecule has 0 aliphatic rings. The van der Waals surface area contributed by atoms with Crippen LogP contribution >= 0.6 is 27.5 Å². The van der Waals surface area contributed by atoms with E-state index in [1.165, 1.54) is 0 Å². The average Bonchev–Trinajstić information content (AvgIpc) is 2.47. The molecule has 20 heavy (non-hydrogen) atoms. The molecule has 0 fully saturated rings. The summed E-state index contributed by atoms with van der Waals surface area (Å²) in [4.78, 5) is 0. The van der Waals surface area contributed by atoms with Crippen molar-refractivity contribution in [3.8, 4) is 11.5 Å².